The Labute approximate surface area is 791 Å². The van der Waals surface area contributed by atoms with E-state index in [1.807, 2.05) is 237 Å². The van der Waals surface area contributed by atoms with Gasteiger partial charge in [-0.1, -0.05) is 151 Å². The Morgan fingerprint density at radius 2 is 0.386 bits per heavy atom. The smallest absolute Gasteiger partial charge is 0.192 e. The van der Waals surface area contributed by atoms with Crippen LogP contribution in [0.4, 0.5) is 0 Å². The van der Waals surface area contributed by atoms with Crippen molar-refractivity contribution < 1.29 is 168 Å². The minimum atomic E-state index is -2.85. The van der Waals surface area contributed by atoms with Gasteiger partial charge >= 0.3 is 0 Å². The molecule has 14 bridgehead atoms. The molecule has 774 valence electrons. The summed E-state index contributed by atoms with van der Waals surface area (Å²) in [6.45, 7) is 66.8. The van der Waals surface area contributed by atoms with Gasteiger partial charge < -0.3 is 168 Å². The lowest BCUT2D eigenvalue weighted by atomic mass is 9.95. The third-order valence-corrected chi connectivity index (χ3v) is 62.7. The Bertz CT molecular complexity index is 3610. The molecule has 21 rings (SSSR count). The predicted octanol–water partition coefficient (Wildman–Crippen LogP) is 7.70. The minimum absolute atomic E-state index is 0.0709. The van der Waals surface area contributed by atoms with Crippen molar-refractivity contribution in [1.82, 2.24) is 0 Å². The molecule has 0 spiro atoms. The van der Waals surface area contributed by atoms with Crippen molar-refractivity contribution in [3.05, 3.63) is 10.4 Å². The topological polar surface area (TPSA) is 515 Å². The summed E-state index contributed by atoms with van der Waals surface area (Å²) in [5.74, 6) is 0. The molecule has 21 aliphatic rings. The number of aliphatic hydroxyl groups excluding tert-OH is 13. The fraction of sp³-hybridized carbons (Fsp3) is 1.00. The second kappa shape index (κ2) is 44.2. The fourth-order valence-electron chi connectivity index (χ4n) is 14.4. The van der Waals surface area contributed by atoms with Crippen LogP contribution < -0.4 is 0 Å². The summed E-state index contributed by atoms with van der Waals surface area (Å²) in [5, 5.41) is 168. The van der Waals surface area contributed by atoms with E-state index in [0.29, 0.717) is 0 Å². The van der Waals surface area contributed by atoms with E-state index in [9.17, 15) is 71.9 Å². The van der Waals surface area contributed by atoms with E-state index in [-0.39, 0.29) is 65.8 Å². The lowest BCUT2D eigenvalue weighted by molar-refractivity contribution is -0.397. The van der Waals surface area contributed by atoms with Gasteiger partial charge in [-0.25, -0.2) is 0 Å². The van der Waals surface area contributed by atoms with Crippen molar-refractivity contribution in [2.75, 3.05) is 59.4 Å². The number of nitrogens with zero attached hydrogens (tertiary/aromatic N) is 3. The van der Waals surface area contributed by atoms with Gasteiger partial charge in [-0.15, -0.1) is 0 Å². The quantitative estimate of drug-likeness (QED) is 0.0130. The molecule has 0 aliphatic carbocycles. The van der Waals surface area contributed by atoms with Crippen LogP contribution in [0.15, 0.2) is 5.11 Å². The zero-order chi connectivity index (χ0) is 100. The van der Waals surface area contributed by atoms with Gasteiger partial charge in [-0.2, -0.15) is 0 Å². The van der Waals surface area contributed by atoms with Crippen molar-refractivity contribution in [2.45, 2.75) is 494 Å². The summed E-state index contributed by atoms with van der Waals surface area (Å²) in [6.07, 6.45) is -64.5. The highest BCUT2D eigenvalue weighted by atomic mass is 28.4. The lowest BCUT2D eigenvalue weighted by Crippen LogP contribution is -2.69. The Hall–Kier alpha value is -0.572. The van der Waals surface area contributed by atoms with Crippen molar-refractivity contribution in [2.24, 2.45) is 5.11 Å². The first kappa shape index (κ1) is 117. The van der Waals surface area contributed by atoms with Gasteiger partial charge in [0.2, 0.25) is 0 Å². The molecule has 0 radical (unpaired) electrons. The first-order valence-corrected chi connectivity index (χ1v) is 67.4. The summed E-state index contributed by atoms with van der Waals surface area (Å²) in [6, 6.07) is 0. The van der Waals surface area contributed by atoms with Crippen LogP contribution in [0.2, 0.25) is 127 Å². The molecule has 21 fully saturated rings. The molecule has 45 heteroatoms. The highest BCUT2D eigenvalue weighted by Crippen LogP contribution is 2.48. The van der Waals surface area contributed by atoms with E-state index in [4.69, 9.17) is 102 Å². The monoisotopic (exact) mass is 2020 g/mol. The number of hydrogen-bond donors (Lipinski definition) is 13. The zero-order valence-corrected chi connectivity index (χ0v) is 92.4. The van der Waals surface area contributed by atoms with Crippen LogP contribution in [0.5, 0.6) is 0 Å². The average molecular weight is 2020 g/mol. The van der Waals surface area contributed by atoms with Gasteiger partial charge in [0.05, 0.1) is 46.2 Å². The molecule has 0 aromatic rings. The van der Waals surface area contributed by atoms with Crippen molar-refractivity contribution in [1.29, 1.82) is 0 Å². The Balaban J connectivity index is 1.35. The third-order valence-electron chi connectivity index (χ3n) is 31.2. The first-order chi connectivity index (χ1) is 60.0. The Morgan fingerprint density at radius 1 is 0.235 bits per heavy atom. The summed E-state index contributed by atoms with van der Waals surface area (Å²) >= 11 is 0. The van der Waals surface area contributed by atoms with E-state index in [0.717, 1.165) is 0 Å². The molecule has 0 aromatic heterocycles. The van der Waals surface area contributed by atoms with E-state index in [1.165, 1.54) is 0 Å². The molecule has 13 N–H and O–H groups in total. The predicted molar refractivity (Wildman–Crippen MR) is 503 cm³/mol. The molecule has 0 amide bonds. The van der Waals surface area contributed by atoms with Crippen LogP contribution in [-0.4, -0.2) is 399 Å². The standard InChI is InChI=1S/C87H173N3O35Si7/c1-81(2,3)126(22,23)105-39-46-66-53(91)59(97)75(112-46)120-68-48(41-107-128(26,27)83(7,8)9)114-77(61(99)55(68)93)122-70-50(43-109-130(30,31)85(13,14)15)116-79(63(101)57(70)95)124-72-52(45-111-132(34,35)87(19,20)21)118-80(73(65(72)103)104-38-36-37-89-90-88)125-71-51(44-110-131(32,33)86(16,17)18)117-78(64(102)58(71)96)123-69-49(42-108-129(28,29)84(10,11)12)115-76(62(100)56(69)94)121-67-47(40-106-127(24,25)82(4,5)6)113-74(119-66)60(98)54(67)92/h46-80,91-103H,36-45H2,1-35H3/t46-,47-,48-,49-,50-,51-,52-,53-,54-,55-,56-,57-,58-,59-,60-,61-,62-,63-,64-,65+,66-,67-,68-,69-,70-,71-,72-,73+,74-,75-,76-,77-,78-,79-,80-/m0/s1. The minimum Gasteiger partial charge on any atom is -0.414 e. The third kappa shape index (κ3) is 27.3. The van der Waals surface area contributed by atoms with E-state index < -0.39 is 308 Å². The summed E-state index contributed by atoms with van der Waals surface area (Å²) in [7, 11) is -19.9. The van der Waals surface area contributed by atoms with Gasteiger partial charge in [-0.05, 0) is 139 Å². The van der Waals surface area contributed by atoms with Gasteiger partial charge in [-0.3, -0.25) is 0 Å². The number of ether oxygens (including phenoxy) is 15. The van der Waals surface area contributed by atoms with E-state index in [2.05, 4.69) is 10.0 Å². The fourth-order valence-corrected chi connectivity index (χ4v) is 21.5. The molecule has 21 aliphatic heterocycles. The molecule has 0 saturated carbocycles. The largest absolute Gasteiger partial charge is 0.414 e. The maximum Gasteiger partial charge on any atom is 0.192 e. The SMILES string of the molecule is CC(C)(C)[Si](C)(C)OC[C@@H]1O[C@H]2O[C@@H]3[C@@H](O)[C@H](O)[C@H](O[C@@H]4[C@@H](O)[C@H](O)[C@H](O[C@@H]5[C@@H](O)[C@H](O)[C@H](O[C@@H]6[C@@H](O)[C@H](O)[C@H](O[C@@H]7[C@@H](O)[C@H](O)[C@H](O[C@@H]8[C@@H](O)[C@H](O)[C@H](O[C@@H]1[C@@H](O)[C@H]2OCCCN=[N+]=[N-])O[C@H]8CO[Si](C)(C)C(C)(C)C)O[C@H]7CO[Si](C)(C)C(C)(C)C)O[C@H]6CO[Si](C)(C)C(C)(C)C)O[C@H]5CO[Si](C)(C)C(C)(C)C)O[C@H]4CO[Si](C)(C)C(C)(C)C)O[C@H]3CO[Si](C)(C)C(C)(C)C. The van der Waals surface area contributed by atoms with E-state index >= 15 is 0 Å². The summed E-state index contributed by atoms with van der Waals surface area (Å²) in [5.41, 5.74) is 9.39. The van der Waals surface area contributed by atoms with Gasteiger partial charge in [0.1, 0.15) is 171 Å². The molecule has 35 atom stereocenters. The first-order valence-electron chi connectivity index (χ1n) is 47.1. The van der Waals surface area contributed by atoms with Crippen LogP contribution in [0, 0.1) is 0 Å². The van der Waals surface area contributed by atoms with Crippen LogP contribution in [-0.2, 0) is 102 Å². The number of rotatable bonds is 26. The summed E-state index contributed by atoms with van der Waals surface area (Å²) < 4.78 is 150. The second-order valence-electron chi connectivity index (χ2n) is 48.0. The maximum absolute atomic E-state index is 13.4. The van der Waals surface area contributed by atoms with Crippen molar-refractivity contribution in [3.8, 4) is 0 Å². The Morgan fingerprint density at radius 3 is 0.545 bits per heavy atom. The normalized spacial score (nSPS) is 39.1. The van der Waals surface area contributed by atoms with Gasteiger partial charge in [0, 0.05) is 18.1 Å². The molecule has 38 nitrogen and oxygen atoms in total. The van der Waals surface area contributed by atoms with Crippen molar-refractivity contribution >= 4 is 58.2 Å². The zero-order valence-electron chi connectivity index (χ0n) is 85.4. The van der Waals surface area contributed by atoms with Crippen LogP contribution in [0.1, 0.15) is 152 Å². The van der Waals surface area contributed by atoms with Gasteiger partial charge in [0.25, 0.3) is 0 Å². The maximum atomic E-state index is 13.4. The molecular weight excluding hydrogens is 1840 g/mol. The molecule has 132 heavy (non-hydrogen) atoms. The van der Waals surface area contributed by atoms with Crippen LogP contribution in [0.25, 0.3) is 10.4 Å². The number of hydrogen-bond acceptors (Lipinski definition) is 36. The van der Waals surface area contributed by atoms with Crippen LogP contribution in [0.3, 0.4) is 0 Å². The highest BCUT2D eigenvalue weighted by molar-refractivity contribution is 6.76. The van der Waals surface area contributed by atoms with Crippen molar-refractivity contribution in [3.63, 3.8) is 0 Å². The lowest BCUT2D eigenvalue weighted by Gasteiger charge is -2.51. The molecule has 0 aromatic carbocycles. The van der Waals surface area contributed by atoms with E-state index in [1.54, 1.807) is 0 Å². The molecule has 0 unspecified atom stereocenters. The average Bonchev–Trinajstić information content (AvgIpc) is 0.776. The van der Waals surface area contributed by atoms with Gasteiger partial charge in [0.15, 0.2) is 102 Å². The highest BCUT2D eigenvalue weighted by Gasteiger charge is 2.63. The second-order valence-corrected chi connectivity index (χ2v) is 81.7. The number of azide groups is 1. The van der Waals surface area contributed by atoms with Crippen LogP contribution >= 0.6 is 0 Å². The number of aliphatic hydroxyl groups is 13. The summed E-state index contributed by atoms with van der Waals surface area (Å²) in [4.78, 5) is 2.90. The molecule has 21 heterocycles. The Kier molecular flexibility index (Phi) is 39.0. The molecule has 21 saturated heterocycles. The molecular formula is C87H173N3O35Si7.